The van der Waals surface area contributed by atoms with E-state index in [0.29, 0.717) is 12.1 Å². The SMILES string of the molecule is CC1=C(NC(=O)C(F)(F)F)C(C)(C)Oc2ccc(C(F)(F)C(F)(F)F)cc21. The van der Waals surface area contributed by atoms with Crippen LogP contribution in [0.15, 0.2) is 23.9 Å². The van der Waals surface area contributed by atoms with E-state index >= 15 is 0 Å². The lowest BCUT2D eigenvalue weighted by Gasteiger charge is -2.37. The van der Waals surface area contributed by atoms with Gasteiger partial charge >= 0.3 is 24.2 Å². The summed E-state index contributed by atoms with van der Waals surface area (Å²) in [5.74, 6) is -7.61. The van der Waals surface area contributed by atoms with Gasteiger partial charge in [0.15, 0.2) is 0 Å². The first kappa shape index (κ1) is 21.0. The van der Waals surface area contributed by atoms with Crippen molar-refractivity contribution in [2.75, 3.05) is 0 Å². The fraction of sp³-hybridized carbons (Fsp3) is 0.438. The van der Waals surface area contributed by atoms with Crippen LogP contribution in [0.3, 0.4) is 0 Å². The molecule has 0 aromatic heterocycles. The zero-order valence-corrected chi connectivity index (χ0v) is 14.1. The van der Waals surface area contributed by atoms with E-state index in [0.717, 1.165) is 6.07 Å². The highest BCUT2D eigenvalue weighted by Gasteiger charge is 2.59. The lowest BCUT2D eigenvalue weighted by Crippen LogP contribution is -2.46. The molecule has 0 radical (unpaired) electrons. The molecule has 0 bridgehead atoms. The molecule has 1 heterocycles. The molecule has 0 fully saturated rings. The zero-order valence-electron chi connectivity index (χ0n) is 14.1. The molecule has 150 valence electrons. The van der Waals surface area contributed by atoms with E-state index in [4.69, 9.17) is 4.74 Å². The van der Waals surface area contributed by atoms with Crippen LogP contribution in [0.4, 0.5) is 35.1 Å². The number of hydrogen-bond donors (Lipinski definition) is 1. The molecule has 0 saturated carbocycles. The first-order valence-corrected chi connectivity index (χ1v) is 7.36. The fourth-order valence-corrected chi connectivity index (χ4v) is 2.61. The number of ether oxygens (including phenoxy) is 1. The van der Waals surface area contributed by atoms with Gasteiger partial charge in [0.25, 0.3) is 0 Å². The van der Waals surface area contributed by atoms with Crippen molar-refractivity contribution in [1.82, 2.24) is 5.32 Å². The van der Waals surface area contributed by atoms with Gasteiger partial charge in [-0.05, 0) is 44.5 Å². The Balaban J connectivity index is 2.59. The summed E-state index contributed by atoms with van der Waals surface area (Å²) in [5.41, 5.74) is -3.71. The number of nitrogens with one attached hydrogen (secondary N) is 1. The molecule has 0 aliphatic carbocycles. The lowest BCUT2D eigenvalue weighted by atomic mass is 9.90. The number of hydrogen-bond acceptors (Lipinski definition) is 2. The van der Waals surface area contributed by atoms with Crippen molar-refractivity contribution in [2.24, 2.45) is 0 Å². The van der Waals surface area contributed by atoms with E-state index in [-0.39, 0.29) is 16.9 Å². The summed E-state index contributed by atoms with van der Waals surface area (Å²) in [6.45, 7) is 3.80. The van der Waals surface area contributed by atoms with Crippen molar-refractivity contribution >= 4 is 11.5 Å². The average molecular weight is 403 g/mol. The Kier molecular flexibility index (Phi) is 4.74. The van der Waals surface area contributed by atoms with Crippen LogP contribution in [0, 0.1) is 0 Å². The third-order valence-corrected chi connectivity index (χ3v) is 3.94. The van der Waals surface area contributed by atoms with E-state index < -0.39 is 41.0 Å². The van der Waals surface area contributed by atoms with Crippen molar-refractivity contribution in [1.29, 1.82) is 0 Å². The van der Waals surface area contributed by atoms with Gasteiger partial charge in [-0.2, -0.15) is 35.1 Å². The van der Waals surface area contributed by atoms with Crippen LogP contribution in [0.25, 0.3) is 5.57 Å². The van der Waals surface area contributed by atoms with E-state index in [1.54, 1.807) is 5.32 Å². The predicted octanol–water partition coefficient (Wildman–Crippen LogP) is 4.92. The van der Waals surface area contributed by atoms with Gasteiger partial charge in [0.2, 0.25) is 0 Å². The van der Waals surface area contributed by atoms with Crippen LogP contribution >= 0.6 is 0 Å². The topological polar surface area (TPSA) is 38.3 Å². The lowest BCUT2D eigenvalue weighted by molar-refractivity contribution is -0.289. The molecule has 3 nitrogen and oxygen atoms in total. The van der Waals surface area contributed by atoms with E-state index in [2.05, 4.69) is 0 Å². The minimum absolute atomic E-state index is 0.107. The molecule has 27 heavy (non-hydrogen) atoms. The van der Waals surface area contributed by atoms with Gasteiger partial charge in [-0.25, -0.2) is 0 Å². The Hall–Kier alpha value is -2.33. The van der Waals surface area contributed by atoms with Crippen LogP contribution in [0.2, 0.25) is 0 Å². The van der Waals surface area contributed by atoms with Crippen molar-refractivity contribution in [2.45, 2.75) is 44.6 Å². The second-order valence-electron chi connectivity index (χ2n) is 6.35. The van der Waals surface area contributed by atoms with Gasteiger partial charge in [-0.1, -0.05) is 0 Å². The quantitative estimate of drug-likeness (QED) is 0.712. The van der Waals surface area contributed by atoms with Crippen LogP contribution in [0.1, 0.15) is 31.9 Å². The molecule has 1 amide bonds. The Morgan fingerprint density at radius 3 is 2.07 bits per heavy atom. The van der Waals surface area contributed by atoms with Crippen molar-refractivity contribution in [3.8, 4) is 5.75 Å². The predicted molar refractivity (Wildman–Crippen MR) is 77.9 cm³/mol. The van der Waals surface area contributed by atoms with Gasteiger partial charge in [-0.3, -0.25) is 4.79 Å². The summed E-state index contributed by atoms with van der Waals surface area (Å²) in [5, 5.41) is 1.61. The molecule has 11 heteroatoms. The third-order valence-electron chi connectivity index (χ3n) is 3.94. The van der Waals surface area contributed by atoms with Crippen molar-refractivity contribution in [3.63, 3.8) is 0 Å². The fourth-order valence-electron chi connectivity index (χ4n) is 2.61. The smallest absolute Gasteiger partial charge is 0.471 e. The third kappa shape index (κ3) is 3.72. The molecule has 1 aromatic rings. The highest BCUT2D eigenvalue weighted by molar-refractivity contribution is 5.87. The summed E-state index contributed by atoms with van der Waals surface area (Å²) in [7, 11) is 0. The highest BCUT2D eigenvalue weighted by atomic mass is 19.4. The number of alkyl halides is 8. The van der Waals surface area contributed by atoms with Crippen LogP contribution in [0.5, 0.6) is 5.75 Å². The number of rotatable bonds is 2. The number of allylic oxidation sites excluding steroid dienone is 1. The number of carbonyl (C=O) groups excluding carboxylic acids is 1. The van der Waals surface area contributed by atoms with Crippen molar-refractivity contribution < 1.29 is 44.7 Å². The average Bonchev–Trinajstić information content (AvgIpc) is 2.48. The van der Waals surface area contributed by atoms with Crippen LogP contribution in [-0.4, -0.2) is 23.9 Å². The number of benzene rings is 1. The molecule has 0 spiro atoms. The normalized spacial score (nSPS) is 17.3. The minimum atomic E-state index is -5.86. The van der Waals surface area contributed by atoms with Gasteiger partial charge in [0, 0.05) is 11.1 Å². The Morgan fingerprint density at radius 2 is 1.59 bits per heavy atom. The number of fused-ring (bicyclic) bond motifs is 1. The van der Waals surface area contributed by atoms with Gasteiger partial charge in [0.05, 0.1) is 5.70 Å². The Bertz CT molecular complexity index is 806. The summed E-state index contributed by atoms with van der Waals surface area (Å²) >= 11 is 0. The molecular weight excluding hydrogens is 390 g/mol. The first-order chi connectivity index (χ1) is 12.0. The molecule has 1 aromatic carbocycles. The largest absolute Gasteiger partial charge is 0.481 e. The number of halogens is 8. The van der Waals surface area contributed by atoms with Crippen LogP contribution in [-0.2, 0) is 10.7 Å². The zero-order chi connectivity index (χ0) is 21.0. The number of carbonyl (C=O) groups is 1. The maximum atomic E-state index is 13.6. The van der Waals surface area contributed by atoms with E-state index in [1.807, 2.05) is 0 Å². The van der Waals surface area contributed by atoms with E-state index in [1.165, 1.54) is 20.8 Å². The second-order valence-corrected chi connectivity index (χ2v) is 6.35. The minimum Gasteiger partial charge on any atom is -0.481 e. The standard InChI is InChI=1S/C16H13F8NO2/c1-7-9-6-8(14(17,18)16(22,23)24)4-5-10(9)27-13(2,3)11(7)25-12(26)15(19,20)21/h4-6H,1-3H3,(H,25,26). The summed E-state index contributed by atoms with van der Waals surface area (Å²) in [6, 6.07) is 1.88. The molecular formula is C16H13F8NO2. The first-order valence-electron chi connectivity index (χ1n) is 7.36. The molecule has 1 aliphatic heterocycles. The molecule has 0 atom stereocenters. The molecule has 0 saturated heterocycles. The van der Waals surface area contributed by atoms with Gasteiger partial charge < -0.3 is 10.1 Å². The second kappa shape index (κ2) is 6.10. The molecule has 1 N–H and O–H groups in total. The Morgan fingerprint density at radius 1 is 1.04 bits per heavy atom. The summed E-state index contributed by atoms with van der Waals surface area (Å²) < 4.78 is 108. The van der Waals surface area contributed by atoms with Gasteiger partial charge in [-0.15, -0.1) is 0 Å². The summed E-state index contributed by atoms with van der Waals surface area (Å²) in [6.07, 6.45) is -11.1. The van der Waals surface area contributed by atoms with Crippen LogP contribution < -0.4 is 10.1 Å². The Labute approximate surface area is 148 Å². The highest BCUT2D eigenvalue weighted by Crippen LogP contribution is 2.47. The molecule has 1 aliphatic rings. The maximum Gasteiger partial charge on any atom is 0.471 e. The molecule has 0 unspecified atom stereocenters. The molecule has 2 rings (SSSR count). The van der Waals surface area contributed by atoms with Crippen molar-refractivity contribution in [3.05, 3.63) is 35.0 Å². The number of amides is 1. The van der Waals surface area contributed by atoms with E-state index in [9.17, 15) is 39.9 Å². The maximum absolute atomic E-state index is 13.6. The summed E-state index contributed by atoms with van der Waals surface area (Å²) in [4.78, 5) is 11.2. The monoisotopic (exact) mass is 403 g/mol. The van der Waals surface area contributed by atoms with Gasteiger partial charge in [0.1, 0.15) is 11.4 Å².